The van der Waals surface area contributed by atoms with E-state index in [9.17, 15) is 9.59 Å². The summed E-state index contributed by atoms with van der Waals surface area (Å²) in [5, 5.41) is 16.5. The van der Waals surface area contributed by atoms with Gasteiger partial charge in [0.15, 0.2) is 0 Å². The summed E-state index contributed by atoms with van der Waals surface area (Å²) in [5.41, 5.74) is 2.03. The maximum atomic E-state index is 11.9. The second-order valence-corrected chi connectivity index (χ2v) is 5.61. The quantitative estimate of drug-likeness (QED) is 0.890. The Labute approximate surface area is 132 Å². The Hall–Kier alpha value is -2.65. The SMILES string of the molecule is Cc1cccc(C(=O)NCCC(=O)Nc2sccc2C#N)c1. The van der Waals surface area contributed by atoms with E-state index in [2.05, 4.69) is 10.6 Å². The monoisotopic (exact) mass is 313 g/mol. The van der Waals surface area contributed by atoms with Crippen LogP contribution in [0.4, 0.5) is 5.00 Å². The standard InChI is InChI=1S/C16H15N3O2S/c1-11-3-2-4-12(9-11)15(21)18-7-5-14(20)19-16-13(10-17)6-8-22-16/h2-4,6,8-9H,5,7H2,1H3,(H,18,21)(H,19,20). The highest BCUT2D eigenvalue weighted by molar-refractivity contribution is 7.14. The van der Waals surface area contributed by atoms with Crippen molar-refractivity contribution in [3.8, 4) is 6.07 Å². The molecule has 0 spiro atoms. The van der Waals surface area contributed by atoms with E-state index < -0.39 is 0 Å². The van der Waals surface area contributed by atoms with Crippen molar-refractivity contribution < 1.29 is 9.59 Å². The van der Waals surface area contributed by atoms with Crippen molar-refractivity contribution in [3.63, 3.8) is 0 Å². The van der Waals surface area contributed by atoms with Crippen molar-refractivity contribution in [2.24, 2.45) is 0 Å². The fourth-order valence-electron chi connectivity index (χ4n) is 1.86. The summed E-state index contributed by atoms with van der Waals surface area (Å²) >= 11 is 1.30. The van der Waals surface area contributed by atoms with Crippen molar-refractivity contribution >= 4 is 28.2 Å². The van der Waals surface area contributed by atoms with Gasteiger partial charge in [-0.15, -0.1) is 11.3 Å². The van der Waals surface area contributed by atoms with Crippen LogP contribution in [-0.4, -0.2) is 18.4 Å². The van der Waals surface area contributed by atoms with Gasteiger partial charge in [-0.05, 0) is 30.5 Å². The van der Waals surface area contributed by atoms with Gasteiger partial charge in [0.1, 0.15) is 11.1 Å². The van der Waals surface area contributed by atoms with E-state index in [4.69, 9.17) is 5.26 Å². The number of hydrogen-bond acceptors (Lipinski definition) is 4. The van der Waals surface area contributed by atoms with Crippen LogP contribution in [0.5, 0.6) is 0 Å². The highest BCUT2D eigenvalue weighted by Crippen LogP contribution is 2.22. The Bertz CT molecular complexity index is 731. The molecule has 0 unspecified atom stereocenters. The number of nitrogens with one attached hydrogen (secondary N) is 2. The van der Waals surface area contributed by atoms with Crippen LogP contribution in [0.25, 0.3) is 0 Å². The van der Waals surface area contributed by atoms with E-state index in [1.54, 1.807) is 23.6 Å². The molecular formula is C16H15N3O2S. The number of nitrogens with zero attached hydrogens (tertiary/aromatic N) is 1. The molecule has 112 valence electrons. The number of rotatable bonds is 5. The van der Waals surface area contributed by atoms with Gasteiger partial charge in [-0.25, -0.2) is 0 Å². The fraction of sp³-hybridized carbons (Fsp3) is 0.188. The zero-order valence-corrected chi connectivity index (χ0v) is 12.9. The van der Waals surface area contributed by atoms with E-state index >= 15 is 0 Å². The van der Waals surface area contributed by atoms with Gasteiger partial charge in [0.2, 0.25) is 5.91 Å². The third-order valence-electron chi connectivity index (χ3n) is 2.96. The first-order chi connectivity index (χ1) is 10.6. The maximum absolute atomic E-state index is 11.9. The zero-order chi connectivity index (χ0) is 15.9. The number of amides is 2. The lowest BCUT2D eigenvalue weighted by molar-refractivity contribution is -0.116. The van der Waals surface area contributed by atoms with Crippen LogP contribution in [0.3, 0.4) is 0 Å². The Morgan fingerprint density at radius 1 is 1.32 bits per heavy atom. The fourth-order valence-corrected chi connectivity index (χ4v) is 2.61. The van der Waals surface area contributed by atoms with Crippen molar-refractivity contribution in [2.75, 3.05) is 11.9 Å². The van der Waals surface area contributed by atoms with Crippen LogP contribution >= 0.6 is 11.3 Å². The Morgan fingerprint density at radius 3 is 2.86 bits per heavy atom. The second-order valence-electron chi connectivity index (χ2n) is 4.70. The first kappa shape index (κ1) is 15.7. The topological polar surface area (TPSA) is 82.0 Å². The molecule has 0 saturated heterocycles. The Kier molecular flexibility index (Phi) is 5.28. The molecule has 5 nitrogen and oxygen atoms in total. The van der Waals surface area contributed by atoms with E-state index in [1.807, 2.05) is 25.1 Å². The summed E-state index contributed by atoms with van der Waals surface area (Å²) in [4.78, 5) is 23.7. The van der Waals surface area contributed by atoms with Gasteiger partial charge in [-0.3, -0.25) is 9.59 Å². The molecule has 0 radical (unpaired) electrons. The molecule has 0 fully saturated rings. The lowest BCUT2D eigenvalue weighted by Gasteiger charge is -2.06. The number of carbonyl (C=O) groups is 2. The average Bonchev–Trinajstić information content (AvgIpc) is 2.94. The van der Waals surface area contributed by atoms with Gasteiger partial charge in [-0.2, -0.15) is 5.26 Å². The highest BCUT2D eigenvalue weighted by atomic mass is 32.1. The molecule has 22 heavy (non-hydrogen) atoms. The molecule has 2 N–H and O–H groups in total. The van der Waals surface area contributed by atoms with Crippen molar-refractivity contribution in [3.05, 3.63) is 52.4 Å². The molecule has 0 aliphatic carbocycles. The van der Waals surface area contributed by atoms with Crippen LogP contribution in [0.1, 0.15) is 27.9 Å². The minimum atomic E-state index is -0.233. The molecule has 1 heterocycles. The summed E-state index contributed by atoms with van der Waals surface area (Å²) < 4.78 is 0. The number of hydrogen-bond donors (Lipinski definition) is 2. The van der Waals surface area contributed by atoms with Crippen LogP contribution in [0.2, 0.25) is 0 Å². The summed E-state index contributed by atoms with van der Waals surface area (Å²) in [7, 11) is 0. The molecule has 2 amide bonds. The third kappa shape index (κ3) is 4.17. The number of nitriles is 1. The minimum Gasteiger partial charge on any atom is -0.352 e. The molecule has 6 heteroatoms. The summed E-state index contributed by atoms with van der Waals surface area (Å²) in [6.45, 7) is 2.16. The zero-order valence-electron chi connectivity index (χ0n) is 12.1. The predicted molar refractivity (Wildman–Crippen MR) is 85.8 cm³/mol. The highest BCUT2D eigenvalue weighted by Gasteiger charge is 2.09. The molecule has 0 aliphatic heterocycles. The molecule has 1 aromatic heterocycles. The molecule has 0 bridgehead atoms. The van der Waals surface area contributed by atoms with Gasteiger partial charge in [0.05, 0.1) is 5.56 Å². The van der Waals surface area contributed by atoms with E-state index in [1.165, 1.54) is 11.3 Å². The first-order valence-electron chi connectivity index (χ1n) is 6.72. The lowest BCUT2D eigenvalue weighted by atomic mass is 10.1. The number of anilines is 1. The maximum Gasteiger partial charge on any atom is 0.251 e. The molecule has 0 aliphatic rings. The molecule has 0 saturated carbocycles. The van der Waals surface area contributed by atoms with Gasteiger partial charge in [-0.1, -0.05) is 17.7 Å². The number of thiophene rings is 1. The number of benzene rings is 1. The summed E-state index contributed by atoms with van der Waals surface area (Å²) in [5.74, 6) is -0.436. The molecule has 1 aromatic carbocycles. The van der Waals surface area contributed by atoms with Crippen molar-refractivity contribution in [1.29, 1.82) is 5.26 Å². The van der Waals surface area contributed by atoms with Gasteiger partial charge in [0, 0.05) is 18.5 Å². The summed E-state index contributed by atoms with van der Waals surface area (Å²) in [6.07, 6.45) is 0.153. The van der Waals surface area contributed by atoms with Gasteiger partial charge < -0.3 is 10.6 Å². The minimum absolute atomic E-state index is 0.153. The van der Waals surface area contributed by atoms with Crippen LogP contribution in [0.15, 0.2) is 35.7 Å². The van der Waals surface area contributed by atoms with Gasteiger partial charge in [0.25, 0.3) is 5.91 Å². The van der Waals surface area contributed by atoms with Crippen LogP contribution < -0.4 is 10.6 Å². The molecule has 2 rings (SSSR count). The van der Waals surface area contributed by atoms with Crippen molar-refractivity contribution in [2.45, 2.75) is 13.3 Å². The van der Waals surface area contributed by atoms with E-state index in [0.717, 1.165) is 5.56 Å². The van der Waals surface area contributed by atoms with Crippen LogP contribution in [0, 0.1) is 18.3 Å². The van der Waals surface area contributed by atoms with Gasteiger partial charge >= 0.3 is 0 Å². The smallest absolute Gasteiger partial charge is 0.251 e. The molecular weight excluding hydrogens is 298 g/mol. The number of carbonyl (C=O) groups excluding carboxylic acids is 2. The van der Waals surface area contributed by atoms with E-state index in [0.29, 0.717) is 16.1 Å². The Balaban J connectivity index is 1.80. The molecule has 0 atom stereocenters. The molecule has 2 aromatic rings. The summed E-state index contributed by atoms with van der Waals surface area (Å²) in [6, 6.07) is 10.9. The number of aryl methyl sites for hydroxylation is 1. The second kappa shape index (κ2) is 7.38. The normalized spacial score (nSPS) is 9.82. The predicted octanol–water partition coefficient (Wildman–Crippen LogP) is 2.69. The Morgan fingerprint density at radius 2 is 2.14 bits per heavy atom. The lowest BCUT2D eigenvalue weighted by Crippen LogP contribution is -2.27. The largest absolute Gasteiger partial charge is 0.352 e. The third-order valence-corrected chi connectivity index (χ3v) is 3.79. The average molecular weight is 313 g/mol. The van der Waals surface area contributed by atoms with Crippen molar-refractivity contribution in [1.82, 2.24) is 5.32 Å². The van der Waals surface area contributed by atoms with Crippen LogP contribution in [-0.2, 0) is 4.79 Å². The first-order valence-corrected chi connectivity index (χ1v) is 7.60. The van der Waals surface area contributed by atoms with E-state index in [-0.39, 0.29) is 24.8 Å².